The number of morpholine rings is 1. The van der Waals surface area contributed by atoms with Gasteiger partial charge in [-0.2, -0.15) is 8.78 Å². The third-order valence-electron chi connectivity index (χ3n) is 3.27. The van der Waals surface area contributed by atoms with Gasteiger partial charge in [-0.25, -0.2) is 0 Å². The normalized spacial score (nSPS) is 19.7. The third-order valence-corrected chi connectivity index (χ3v) is 3.27. The second-order valence-electron chi connectivity index (χ2n) is 4.75. The van der Waals surface area contributed by atoms with Crippen LogP contribution in [0.25, 0.3) is 0 Å². The molecule has 1 aromatic rings. The van der Waals surface area contributed by atoms with Crippen LogP contribution in [0.15, 0.2) is 24.3 Å². The van der Waals surface area contributed by atoms with Crippen molar-refractivity contribution in [2.75, 3.05) is 26.2 Å². The molecule has 1 unspecified atom stereocenters. The number of carboxylic acids is 1. The maximum absolute atomic E-state index is 12.1. The fourth-order valence-corrected chi connectivity index (χ4v) is 2.22. The largest absolute Gasteiger partial charge is 0.481 e. The van der Waals surface area contributed by atoms with Gasteiger partial charge in [0.2, 0.25) is 0 Å². The molecule has 0 saturated carbocycles. The molecule has 1 heterocycles. The van der Waals surface area contributed by atoms with Crippen LogP contribution in [-0.2, 0) is 9.53 Å². The van der Waals surface area contributed by atoms with Gasteiger partial charge < -0.3 is 14.6 Å². The molecule has 1 aliphatic rings. The van der Waals surface area contributed by atoms with Crippen molar-refractivity contribution in [3.63, 3.8) is 0 Å². The second-order valence-corrected chi connectivity index (χ2v) is 4.75. The number of benzene rings is 1. The molecule has 1 N–H and O–H groups in total. The Morgan fingerprint density at radius 2 is 2.14 bits per heavy atom. The van der Waals surface area contributed by atoms with Gasteiger partial charge in [-0.05, 0) is 17.7 Å². The van der Waals surface area contributed by atoms with Crippen molar-refractivity contribution >= 4 is 5.97 Å². The number of halogens is 2. The highest BCUT2D eigenvalue weighted by molar-refractivity contribution is 5.66. The topological polar surface area (TPSA) is 59.0 Å². The molecule has 21 heavy (non-hydrogen) atoms. The third kappa shape index (κ3) is 4.95. The molecule has 116 valence electrons. The quantitative estimate of drug-likeness (QED) is 0.872. The van der Waals surface area contributed by atoms with E-state index in [2.05, 4.69) is 4.74 Å². The number of hydrogen-bond acceptors (Lipinski definition) is 4. The van der Waals surface area contributed by atoms with E-state index >= 15 is 0 Å². The minimum Gasteiger partial charge on any atom is -0.481 e. The predicted molar refractivity (Wildman–Crippen MR) is 70.5 cm³/mol. The summed E-state index contributed by atoms with van der Waals surface area (Å²) in [6.45, 7) is -0.576. The van der Waals surface area contributed by atoms with Crippen molar-refractivity contribution in [2.24, 2.45) is 0 Å². The van der Waals surface area contributed by atoms with Gasteiger partial charge in [-0.3, -0.25) is 9.69 Å². The number of rotatable bonds is 6. The Morgan fingerprint density at radius 3 is 2.76 bits per heavy atom. The van der Waals surface area contributed by atoms with Crippen molar-refractivity contribution in [3.05, 3.63) is 29.8 Å². The standard InChI is InChI=1S/C14H17F2NO4/c15-14(16)21-11-3-1-10(2-4-11)12-9-17(7-8-20-12)6-5-13(18)19/h1-4,12,14H,5-9H2,(H,18,19). The van der Waals surface area contributed by atoms with Crippen LogP contribution in [0.1, 0.15) is 18.1 Å². The molecule has 1 atom stereocenters. The van der Waals surface area contributed by atoms with Crippen molar-refractivity contribution in [2.45, 2.75) is 19.1 Å². The number of nitrogens with zero attached hydrogens (tertiary/aromatic N) is 1. The van der Waals surface area contributed by atoms with Crippen LogP contribution in [0.2, 0.25) is 0 Å². The molecule has 1 aromatic carbocycles. The number of aliphatic carboxylic acids is 1. The highest BCUT2D eigenvalue weighted by Gasteiger charge is 2.22. The Balaban J connectivity index is 1.92. The molecular weight excluding hydrogens is 284 g/mol. The zero-order chi connectivity index (χ0) is 15.2. The first-order valence-corrected chi connectivity index (χ1v) is 6.65. The molecule has 0 aliphatic carbocycles. The van der Waals surface area contributed by atoms with Crippen LogP contribution in [-0.4, -0.2) is 48.8 Å². The summed E-state index contributed by atoms with van der Waals surface area (Å²) >= 11 is 0. The van der Waals surface area contributed by atoms with Crippen molar-refractivity contribution in [1.82, 2.24) is 4.90 Å². The molecule has 0 bridgehead atoms. The Hall–Kier alpha value is -1.73. The van der Waals surface area contributed by atoms with E-state index in [9.17, 15) is 13.6 Å². The molecule has 0 aromatic heterocycles. The number of ether oxygens (including phenoxy) is 2. The lowest BCUT2D eigenvalue weighted by atomic mass is 10.1. The first-order valence-electron chi connectivity index (χ1n) is 6.65. The molecule has 1 saturated heterocycles. The average Bonchev–Trinajstić information content (AvgIpc) is 2.45. The molecular formula is C14H17F2NO4. The van der Waals surface area contributed by atoms with E-state index in [1.807, 2.05) is 4.90 Å². The van der Waals surface area contributed by atoms with Crippen LogP contribution in [0.5, 0.6) is 5.75 Å². The first-order chi connectivity index (χ1) is 10.0. The molecule has 0 amide bonds. The zero-order valence-electron chi connectivity index (χ0n) is 11.4. The van der Waals surface area contributed by atoms with Gasteiger partial charge in [-0.1, -0.05) is 12.1 Å². The average molecular weight is 301 g/mol. The van der Waals surface area contributed by atoms with E-state index in [0.29, 0.717) is 26.2 Å². The van der Waals surface area contributed by atoms with E-state index in [4.69, 9.17) is 9.84 Å². The Bertz CT molecular complexity index is 467. The van der Waals surface area contributed by atoms with Gasteiger partial charge >= 0.3 is 12.6 Å². The lowest BCUT2D eigenvalue weighted by Crippen LogP contribution is -2.39. The predicted octanol–water partition coefficient (Wildman–Crippen LogP) is 2.14. The lowest BCUT2D eigenvalue weighted by molar-refractivity contribution is -0.137. The smallest absolute Gasteiger partial charge is 0.387 e. The number of alkyl halides is 2. The fourth-order valence-electron chi connectivity index (χ4n) is 2.22. The summed E-state index contributed by atoms with van der Waals surface area (Å²) in [5.41, 5.74) is 0.858. The maximum Gasteiger partial charge on any atom is 0.387 e. The number of carboxylic acid groups (broad SMARTS) is 1. The van der Waals surface area contributed by atoms with Gasteiger partial charge in [0.1, 0.15) is 5.75 Å². The van der Waals surface area contributed by atoms with E-state index in [1.54, 1.807) is 12.1 Å². The maximum atomic E-state index is 12.1. The molecule has 2 rings (SSSR count). The van der Waals surface area contributed by atoms with Crippen LogP contribution >= 0.6 is 0 Å². The number of hydrogen-bond donors (Lipinski definition) is 1. The summed E-state index contributed by atoms with van der Waals surface area (Å²) in [5, 5.41) is 8.70. The second kappa shape index (κ2) is 7.33. The Kier molecular flexibility index (Phi) is 5.46. The lowest BCUT2D eigenvalue weighted by Gasteiger charge is -2.32. The minimum atomic E-state index is -2.84. The van der Waals surface area contributed by atoms with E-state index in [-0.39, 0.29) is 18.3 Å². The molecule has 5 nitrogen and oxygen atoms in total. The molecule has 0 spiro atoms. The zero-order valence-corrected chi connectivity index (χ0v) is 11.4. The van der Waals surface area contributed by atoms with Crippen molar-refractivity contribution in [3.8, 4) is 5.75 Å². The van der Waals surface area contributed by atoms with E-state index in [1.165, 1.54) is 12.1 Å². The Morgan fingerprint density at radius 1 is 1.43 bits per heavy atom. The van der Waals surface area contributed by atoms with E-state index in [0.717, 1.165) is 5.56 Å². The van der Waals surface area contributed by atoms with Crippen molar-refractivity contribution < 1.29 is 28.2 Å². The van der Waals surface area contributed by atoms with Gasteiger partial charge in [0.15, 0.2) is 0 Å². The molecule has 7 heteroatoms. The van der Waals surface area contributed by atoms with Gasteiger partial charge in [0, 0.05) is 19.6 Å². The summed E-state index contributed by atoms with van der Waals surface area (Å²) in [7, 11) is 0. The van der Waals surface area contributed by atoms with Crippen LogP contribution in [0, 0.1) is 0 Å². The van der Waals surface area contributed by atoms with E-state index < -0.39 is 12.6 Å². The summed E-state index contributed by atoms with van der Waals surface area (Å²) < 4.78 is 34.1. The summed E-state index contributed by atoms with van der Waals surface area (Å²) in [6.07, 6.45) is -0.0957. The van der Waals surface area contributed by atoms with Gasteiger partial charge in [0.05, 0.1) is 19.1 Å². The summed E-state index contributed by atoms with van der Waals surface area (Å²) in [4.78, 5) is 12.6. The van der Waals surface area contributed by atoms with Crippen LogP contribution < -0.4 is 4.74 Å². The van der Waals surface area contributed by atoms with Crippen molar-refractivity contribution in [1.29, 1.82) is 0 Å². The fraction of sp³-hybridized carbons (Fsp3) is 0.500. The highest BCUT2D eigenvalue weighted by Crippen LogP contribution is 2.25. The van der Waals surface area contributed by atoms with Crippen LogP contribution in [0.3, 0.4) is 0 Å². The Labute approximate surface area is 121 Å². The van der Waals surface area contributed by atoms with Gasteiger partial charge in [0.25, 0.3) is 0 Å². The number of carbonyl (C=O) groups is 1. The summed E-state index contributed by atoms with van der Waals surface area (Å²) in [5.74, 6) is -0.723. The monoisotopic (exact) mass is 301 g/mol. The molecule has 0 radical (unpaired) electrons. The minimum absolute atomic E-state index is 0.0912. The summed E-state index contributed by atoms with van der Waals surface area (Å²) in [6, 6.07) is 6.31. The molecule has 1 fully saturated rings. The SMILES string of the molecule is O=C(O)CCN1CCOC(c2ccc(OC(F)F)cc2)C1. The highest BCUT2D eigenvalue weighted by atomic mass is 19.3. The van der Waals surface area contributed by atoms with Crippen LogP contribution in [0.4, 0.5) is 8.78 Å². The molecule has 1 aliphatic heterocycles. The van der Waals surface area contributed by atoms with Gasteiger partial charge in [-0.15, -0.1) is 0 Å². The first kappa shape index (κ1) is 15.7.